The maximum atomic E-state index is 12.9. The van der Waals surface area contributed by atoms with Crippen molar-refractivity contribution in [1.29, 1.82) is 0 Å². The van der Waals surface area contributed by atoms with E-state index in [-0.39, 0.29) is 11.8 Å². The lowest BCUT2D eigenvalue weighted by molar-refractivity contribution is -0.122. The molecule has 0 saturated carbocycles. The fourth-order valence-electron chi connectivity index (χ4n) is 3.35. The van der Waals surface area contributed by atoms with Crippen molar-refractivity contribution in [3.05, 3.63) is 77.9 Å². The third-order valence-corrected chi connectivity index (χ3v) is 4.99. The number of nitrogens with zero attached hydrogens (tertiary/aromatic N) is 2. The quantitative estimate of drug-likeness (QED) is 0.632. The number of nitrogens with one attached hydrogen (secondary N) is 1. The largest absolute Gasteiger partial charge is 0.497 e. The van der Waals surface area contributed by atoms with Crippen LogP contribution in [0.25, 0.3) is 0 Å². The number of aromatic nitrogens is 2. The van der Waals surface area contributed by atoms with Crippen LogP contribution in [0.3, 0.4) is 0 Å². The molecule has 0 radical (unpaired) electrons. The summed E-state index contributed by atoms with van der Waals surface area (Å²) in [7, 11) is 5.12. The SMILES string of the molecule is COc1cc(OC)cc(C(NC(=O)CC(C)c2ccccc2)c2nccn2C)c1. The highest BCUT2D eigenvalue weighted by molar-refractivity contribution is 5.77. The number of imidazole rings is 1. The van der Waals surface area contributed by atoms with E-state index in [9.17, 15) is 4.79 Å². The summed E-state index contributed by atoms with van der Waals surface area (Å²) < 4.78 is 12.7. The molecule has 0 aliphatic carbocycles. The normalized spacial score (nSPS) is 12.8. The third-order valence-electron chi connectivity index (χ3n) is 4.99. The summed E-state index contributed by atoms with van der Waals surface area (Å²) in [5.74, 6) is 2.12. The van der Waals surface area contributed by atoms with Crippen molar-refractivity contribution in [2.45, 2.75) is 25.3 Å². The van der Waals surface area contributed by atoms with Crippen LogP contribution >= 0.6 is 0 Å². The monoisotopic (exact) mass is 393 g/mol. The average molecular weight is 393 g/mol. The van der Waals surface area contributed by atoms with Crippen LogP contribution in [-0.2, 0) is 11.8 Å². The zero-order valence-electron chi connectivity index (χ0n) is 17.3. The summed E-state index contributed by atoms with van der Waals surface area (Å²) >= 11 is 0. The molecule has 29 heavy (non-hydrogen) atoms. The minimum Gasteiger partial charge on any atom is -0.497 e. The Bertz CT molecular complexity index is 931. The van der Waals surface area contributed by atoms with Crippen LogP contribution in [0.5, 0.6) is 11.5 Å². The van der Waals surface area contributed by atoms with Gasteiger partial charge in [-0.05, 0) is 29.2 Å². The number of rotatable bonds is 8. The first-order valence-corrected chi connectivity index (χ1v) is 9.56. The molecule has 1 aromatic heterocycles. The molecule has 0 spiro atoms. The molecule has 2 atom stereocenters. The maximum absolute atomic E-state index is 12.9. The molecule has 0 aliphatic heterocycles. The number of aryl methyl sites for hydroxylation is 1. The molecule has 3 rings (SSSR count). The van der Waals surface area contributed by atoms with Crippen LogP contribution in [0, 0.1) is 0 Å². The number of ether oxygens (including phenoxy) is 2. The van der Waals surface area contributed by atoms with Crippen LogP contribution < -0.4 is 14.8 Å². The molecular formula is C23H27N3O3. The van der Waals surface area contributed by atoms with Crippen molar-refractivity contribution < 1.29 is 14.3 Å². The number of methoxy groups -OCH3 is 2. The maximum Gasteiger partial charge on any atom is 0.221 e. The van der Waals surface area contributed by atoms with Gasteiger partial charge in [0, 0.05) is 31.9 Å². The highest BCUT2D eigenvalue weighted by Crippen LogP contribution is 2.30. The van der Waals surface area contributed by atoms with Crippen LogP contribution in [0.1, 0.15) is 42.3 Å². The van der Waals surface area contributed by atoms with E-state index in [0.29, 0.717) is 17.9 Å². The summed E-state index contributed by atoms with van der Waals surface area (Å²) in [6.45, 7) is 2.05. The van der Waals surface area contributed by atoms with Gasteiger partial charge in [0.15, 0.2) is 0 Å². The Kier molecular flexibility index (Phi) is 6.54. The van der Waals surface area contributed by atoms with Gasteiger partial charge in [0.2, 0.25) is 5.91 Å². The molecule has 0 fully saturated rings. The van der Waals surface area contributed by atoms with Crippen molar-refractivity contribution in [2.24, 2.45) is 7.05 Å². The Hall–Kier alpha value is -3.28. The number of amides is 1. The smallest absolute Gasteiger partial charge is 0.221 e. The number of benzene rings is 2. The fraction of sp³-hybridized carbons (Fsp3) is 0.304. The molecule has 6 heteroatoms. The zero-order chi connectivity index (χ0) is 20.8. The Morgan fingerprint density at radius 1 is 1.07 bits per heavy atom. The van der Waals surface area contributed by atoms with E-state index in [4.69, 9.17) is 9.47 Å². The molecule has 0 saturated heterocycles. The molecule has 6 nitrogen and oxygen atoms in total. The van der Waals surface area contributed by atoms with Crippen LogP contribution in [0.4, 0.5) is 0 Å². The predicted octanol–water partition coefficient (Wildman–Crippen LogP) is 3.84. The van der Waals surface area contributed by atoms with E-state index in [0.717, 1.165) is 17.0 Å². The summed E-state index contributed by atoms with van der Waals surface area (Å²) in [5.41, 5.74) is 1.98. The van der Waals surface area contributed by atoms with E-state index in [1.807, 2.05) is 60.3 Å². The van der Waals surface area contributed by atoms with Crippen LogP contribution in [0.2, 0.25) is 0 Å². The van der Waals surface area contributed by atoms with Gasteiger partial charge in [-0.25, -0.2) is 4.98 Å². The summed E-state index contributed by atoms with van der Waals surface area (Å²) in [5, 5.41) is 3.15. The van der Waals surface area contributed by atoms with Gasteiger partial charge in [-0.3, -0.25) is 4.79 Å². The lowest BCUT2D eigenvalue weighted by Gasteiger charge is -2.21. The Morgan fingerprint density at radius 2 is 1.72 bits per heavy atom. The molecule has 0 bridgehead atoms. The highest BCUT2D eigenvalue weighted by atomic mass is 16.5. The molecule has 1 amide bonds. The summed E-state index contributed by atoms with van der Waals surface area (Å²) in [6, 6.07) is 15.2. The third kappa shape index (κ3) is 4.96. The van der Waals surface area contributed by atoms with Crippen molar-refractivity contribution in [2.75, 3.05) is 14.2 Å². The van der Waals surface area contributed by atoms with Gasteiger partial charge in [-0.15, -0.1) is 0 Å². The second-order valence-corrected chi connectivity index (χ2v) is 7.06. The second-order valence-electron chi connectivity index (χ2n) is 7.06. The van der Waals surface area contributed by atoms with E-state index < -0.39 is 6.04 Å². The Morgan fingerprint density at radius 3 is 2.28 bits per heavy atom. The molecule has 2 aromatic carbocycles. The lowest BCUT2D eigenvalue weighted by Crippen LogP contribution is -2.31. The van der Waals surface area contributed by atoms with Crippen molar-refractivity contribution in [3.63, 3.8) is 0 Å². The van der Waals surface area contributed by atoms with Crippen LogP contribution in [-0.4, -0.2) is 29.7 Å². The van der Waals surface area contributed by atoms with Gasteiger partial charge >= 0.3 is 0 Å². The van der Waals surface area contributed by atoms with Gasteiger partial charge in [-0.2, -0.15) is 0 Å². The van der Waals surface area contributed by atoms with E-state index in [2.05, 4.69) is 17.2 Å². The van der Waals surface area contributed by atoms with Gasteiger partial charge < -0.3 is 19.4 Å². The zero-order valence-corrected chi connectivity index (χ0v) is 17.3. The number of carbonyl (C=O) groups excluding carboxylic acids is 1. The number of hydrogen-bond donors (Lipinski definition) is 1. The van der Waals surface area contributed by atoms with Crippen molar-refractivity contribution in [1.82, 2.24) is 14.9 Å². The van der Waals surface area contributed by atoms with E-state index in [1.54, 1.807) is 26.5 Å². The van der Waals surface area contributed by atoms with Crippen molar-refractivity contribution >= 4 is 5.91 Å². The average Bonchev–Trinajstić information content (AvgIpc) is 3.17. The van der Waals surface area contributed by atoms with Gasteiger partial charge in [-0.1, -0.05) is 37.3 Å². The Labute approximate surface area is 171 Å². The molecule has 2 unspecified atom stereocenters. The lowest BCUT2D eigenvalue weighted by atomic mass is 9.97. The van der Waals surface area contributed by atoms with Gasteiger partial charge in [0.1, 0.15) is 23.4 Å². The molecular weight excluding hydrogens is 366 g/mol. The predicted molar refractivity (Wildman–Crippen MR) is 112 cm³/mol. The molecule has 1 heterocycles. The highest BCUT2D eigenvalue weighted by Gasteiger charge is 2.23. The standard InChI is InChI=1S/C23H27N3O3/c1-16(17-8-6-5-7-9-17)12-21(27)25-22(23-24-10-11-26(23)2)18-13-19(28-3)15-20(14-18)29-4/h5-11,13-16,22H,12H2,1-4H3,(H,25,27). The van der Waals surface area contributed by atoms with Gasteiger partial charge in [0.25, 0.3) is 0 Å². The second kappa shape index (κ2) is 9.28. The molecule has 0 aliphatic rings. The molecule has 152 valence electrons. The minimum absolute atomic E-state index is 0.0452. The first-order chi connectivity index (χ1) is 14.0. The first-order valence-electron chi connectivity index (χ1n) is 9.56. The van der Waals surface area contributed by atoms with Gasteiger partial charge in [0.05, 0.1) is 14.2 Å². The van der Waals surface area contributed by atoms with E-state index in [1.165, 1.54) is 0 Å². The minimum atomic E-state index is -0.422. The first kappa shape index (κ1) is 20.5. The summed E-state index contributed by atoms with van der Waals surface area (Å²) in [6.07, 6.45) is 3.96. The fourth-order valence-corrected chi connectivity index (χ4v) is 3.35. The molecule has 1 N–H and O–H groups in total. The van der Waals surface area contributed by atoms with Crippen molar-refractivity contribution in [3.8, 4) is 11.5 Å². The summed E-state index contributed by atoms with van der Waals surface area (Å²) in [4.78, 5) is 17.4. The van der Waals surface area contributed by atoms with Crippen LogP contribution in [0.15, 0.2) is 60.9 Å². The van der Waals surface area contributed by atoms with E-state index >= 15 is 0 Å². The number of hydrogen-bond acceptors (Lipinski definition) is 4. The molecule has 3 aromatic rings. The number of carbonyl (C=O) groups is 1. The topological polar surface area (TPSA) is 65.4 Å². The Balaban J connectivity index is 1.87.